The predicted octanol–water partition coefficient (Wildman–Crippen LogP) is 3.16. The number of nitrogens with zero attached hydrogens (tertiary/aromatic N) is 2. The molecule has 0 N–H and O–H groups in total. The molecule has 0 saturated carbocycles. The number of furan rings is 1. The molecule has 2 fully saturated rings. The van der Waals surface area contributed by atoms with E-state index in [4.69, 9.17) is 9.15 Å². The Morgan fingerprint density at radius 3 is 2.57 bits per heavy atom. The van der Waals surface area contributed by atoms with Crippen molar-refractivity contribution in [3.05, 3.63) is 54.0 Å². The summed E-state index contributed by atoms with van der Waals surface area (Å²) in [7, 11) is 1.64. The van der Waals surface area contributed by atoms with Crippen LogP contribution in [0.4, 0.5) is 0 Å². The van der Waals surface area contributed by atoms with Crippen LogP contribution in [-0.2, 0) is 4.79 Å². The predicted molar refractivity (Wildman–Crippen MR) is 104 cm³/mol. The Morgan fingerprint density at radius 2 is 1.86 bits per heavy atom. The van der Waals surface area contributed by atoms with Crippen LogP contribution >= 0.6 is 0 Å². The molecule has 2 atom stereocenters. The summed E-state index contributed by atoms with van der Waals surface area (Å²) in [6.45, 7) is 2.53. The van der Waals surface area contributed by atoms with Crippen molar-refractivity contribution in [1.82, 2.24) is 9.80 Å². The van der Waals surface area contributed by atoms with Crippen LogP contribution in [-0.4, -0.2) is 54.9 Å². The second-order valence-electron chi connectivity index (χ2n) is 7.56. The Hall–Kier alpha value is -2.76. The molecule has 4 rings (SSSR count). The van der Waals surface area contributed by atoms with Gasteiger partial charge >= 0.3 is 0 Å². The third-order valence-corrected chi connectivity index (χ3v) is 5.85. The van der Waals surface area contributed by atoms with Gasteiger partial charge in [-0.05, 0) is 49.1 Å². The number of amides is 2. The van der Waals surface area contributed by atoms with Gasteiger partial charge in [0.1, 0.15) is 5.75 Å². The molecular weight excluding hydrogens is 356 g/mol. The van der Waals surface area contributed by atoms with E-state index in [0.29, 0.717) is 18.8 Å². The van der Waals surface area contributed by atoms with E-state index in [1.54, 1.807) is 24.1 Å². The lowest BCUT2D eigenvalue weighted by Crippen LogP contribution is -2.42. The van der Waals surface area contributed by atoms with Crippen molar-refractivity contribution < 1.29 is 18.7 Å². The van der Waals surface area contributed by atoms with Crippen molar-refractivity contribution >= 4 is 11.8 Å². The monoisotopic (exact) mass is 382 g/mol. The molecule has 0 radical (unpaired) electrons. The molecule has 2 amide bonds. The fourth-order valence-corrected chi connectivity index (χ4v) is 4.33. The summed E-state index contributed by atoms with van der Waals surface area (Å²) in [5.74, 6) is 0.773. The number of hydrogen-bond acceptors (Lipinski definition) is 4. The molecule has 148 valence electrons. The molecule has 6 heteroatoms. The van der Waals surface area contributed by atoms with E-state index in [1.165, 1.54) is 12.7 Å². The smallest absolute Gasteiger partial charge is 0.289 e. The molecule has 2 aliphatic rings. The number of carbonyl (C=O) groups excluding carboxylic acids is 2. The van der Waals surface area contributed by atoms with E-state index >= 15 is 0 Å². The maximum Gasteiger partial charge on any atom is 0.289 e. The van der Waals surface area contributed by atoms with Crippen LogP contribution in [0.3, 0.4) is 0 Å². The second-order valence-corrected chi connectivity index (χ2v) is 7.56. The lowest BCUT2D eigenvalue weighted by molar-refractivity contribution is -0.136. The number of methoxy groups -OCH3 is 1. The Balaban J connectivity index is 1.61. The van der Waals surface area contributed by atoms with Crippen LogP contribution in [0, 0.1) is 5.92 Å². The minimum atomic E-state index is -0.246. The Labute approximate surface area is 165 Å². The Kier molecular flexibility index (Phi) is 5.37. The topological polar surface area (TPSA) is 63.0 Å². The van der Waals surface area contributed by atoms with Crippen LogP contribution in [0.2, 0.25) is 0 Å². The first kappa shape index (κ1) is 18.6. The van der Waals surface area contributed by atoms with Crippen LogP contribution in [0.1, 0.15) is 41.3 Å². The first-order valence-electron chi connectivity index (χ1n) is 9.93. The Morgan fingerprint density at radius 1 is 1.04 bits per heavy atom. The van der Waals surface area contributed by atoms with Gasteiger partial charge in [-0.3, -0.25) is 9.59 Å². The highest BCUT2D eigenvalue weighted by atomic mass is 16.5. The van der Waals surface area contributed by atoms with Crippen molar-refractivity contribution in [3.63, 3.8) is 0 Å². The molecule has 0 bridgehead atoms. The fourth-order valence-electron chi connectivity index (χ4n) is 4.33. The molecule has 2 saturated heterocycles. The highest BCUT2D eigenvalue weighted by Crippen LogP contribution is 2.36. The van der Waals surface area contributed by atoms with Crippen molar-refractivity contribution in [1.29, 1.82) is 0 Å². The summed E-state index contributed by atoms with van der Waals surface area (Å²) in [6.07, 6.45) is 4.78. The third kappa shape index (κ3) is 3.63. The molecule has 6 nitrogen and oxygen atoms in total. The number of ether oxygens (including phenoxy) is 1. The van der Waals surface area contributed by atoms with Crippen LogP contribution in [0.15, 0.2) is 47.1 Å². The van der Waals surface area contributed by atoms with Crippen molar-refractivity contribution in [2.45, 2.75) is 25.2 Å². The zero-order chi connectivity index (χ0) is 19.5. The quantitative estimate of drug-likeness (QED) is 0.815. The van der Waals surface area contributed by atoms with Gasteiger partial charge in [0.25, 0.3) is 5.91 Å². The minimum absolute atomic E-state index is 0.0524. The highest BCUT2D eigenvalue weighted by Gasteiger charge is 2.42. The minimum Gasteiger partial charge on any atom is -0.497 e. The molecule has 0 spiro atoms. The molecule has 1 aromatic carbocycles. The molecule has 2 aromatic rings. The van der Waals surface area contributed by atoms with Gasteiger partial charge in [-0.2, -0.15) is 0 Å². The molecule has 28 heavy (non-hydrogen) atoms. The van der Waals surface area contributed by atoms with Crippen molar-refractivity contribution in [2.24, 2.45) is 5.92 Å². The number of rotatable bonds is 4. The highest BCUT2D eigenvalue weighted by molar-refractivity contribution is 5.92. The van der Waals surface area contributed by atoms with Gasteiger partial charge in [0.05, 0.1) is 19.3 Å². The Bertz CT molecular complexity index is 827. The number of likely N-dealkylation sites (tertiary alicyclic amines) is 2. The zero-order valence-corrected chi connectivity index (χ0v) is 16.2. The lowest BCUT2D eigenvalue weighted by Gasteiger charge is -2.31. The van der Waals surface area contributed by atoms with Gasteiger partial charge in [0.2, 0.25) is 5.91 Å². The summed E-state index contributed by atoms with van der Waals surface area (Å²) in [6, 6.07) is 11.2. The second kappa shape index (κ2) is 8.09. The molecular formula is C22H26N2O4. The summed E-state index contributed by atoms with van der Waals surface area (Å²) in [5, 5.41) is 0. The van der Waals surface area contributed by atoms with E-state index in [9.17, 15) is 9.59 Å². The first-order valence-corrected chi connectivity index (χ1v) is 9.93. The molecule has 3 heterocycles. The molecule has 2 aliphatic heterocycles. The summed E-state index contributed by atoms with van der Waals surface area (Å²) < 4.78 is 10.7. The van der Waals surface area contributed by atoms with E-state index < -0.39 is 0 Å². The number of hydrogen-bond donors (Lipinski definition) is 0. The van der Waals surface area contributed by atoms with E-state index in [-0.39, 0.29) is 23.7 Å². The van der Waals surface area contributed by atoms with Gasteiger partial charge in [-0.25, -0.2) is 0 Å². The SMILES string of the molecule is COc1cccc([C@H]2CN(C(=O)c3ccco3)C[C@@H]2C(=O)N2CCCCC2)c1. The third-order valence-electron chi connectivity index (χ3n) is 5.85. The number of piperidine rings is 1. The molecule has 1 aromatic heterocycles. The molecule has 0 aliphatic carbocycles. The van der Waals surface area contributed by atoms with Crippen LogP contribution in [0.25, 0.3) is 0 Å². The van der Waals surface area contributed by atoms with Gasteiger partial charge in [-0.15, -0.1) is 0 Å². The number of carbonyl (C=O) groups is 2. The molecule has 0 unspecified atom stereocenters. The van der Waals surface area contributed by atoms with Gasteiger partial charge in [-0.1, -0.05) is 12.1 Å². The van der Waals surface area contributed by atoms with E-state index in [1.807, 2.05) is 29.2 Å². The largest absolute Gasteiger partial charge is 0.497 e. The van der Waals surface area contributed by atoms with Gasteiger partial charge in [0.15, 0.2) is 5.76 Å². The van der Waals surface area contributed by atoms with Gasteiger partial charge < -0.3 is 19.0 Å². The lowest BCUT2D eigenvalue weighted by atomic mass is 9.87. The van der Waals surface area contributed by atoms with Gasteiger partial charge in [0, 0.05) is 32.1 Å². The number of benzene rings is 1. The summed E-state index contributed by atoms with van der Waals surface area (Å²) in [5.41, 5.74) is 1.03. The first-order chi connectivity index (χ1) is 13.7. The van der Waals surface area contributed by atoms with E-state index in [0.717, 1.165) is 37.2 Å². The fraction of sp³-hybridized carbons (Fsp3) is 0.455. The van der Waals surface area contributed by atoms with Crippen molar-refractivity contribution in [3.8, 4) is 5.75 Å². The maximum atomic E-state index is 13.3. The normalized spacial score (nSPS) is 22.3. The average molecular weight is 382 g/mol. The average Bonchev–Trinajstić information content (AvgIpc) is 3.44. The maximum absolute atomic E-state index is 13.3. The van der Waals surface area contributed by atoms with Crippen LogP contribution in [0.5, 0.6) is 5.75 Å². The summed E-state index contributed by atoms with van der Waals surface area (Å²) >= 11 is 0. The van der Waals surface area contributed by atoms with Crippen molar-refractivity contribution in [2.75, 3.05) is 33.3 Å². The standard InChI is InChI=1S/C22H26N2O4/c1-27-17-8-5-7-16(13-17)18-14-24(22(26)20-9-6-12-28-20)15-19(18)21(25)23-10-3-2-4-11-23/h5-9,12-13,18-19H,2-4,10-11,14-15H2,1H3/t18-,19+/m1/s1. The zero-order valence-electron chi connectivity index (χ0n) is 16.2. The van der Waals surface area contributed by atoms with Crippen LogP contribution < -0.4 is 4.74 Å². The van der Waals surface area contributed by atoms with E-state index in [2.05, 4.69) is 0 Å². The summed E-state index contributed by atoms with van der Waals surface area (Å²) in [4.78, 5) is 29.9.